The van der Waals surface area contributed by atoms with Crippen LogP contribution in [-0.4, -0.2) is 36.9 Å². The van der Waals surface area contributed by atoms with Gasteiger partial charge in [-0.3, -0.25) is 0 Å². The van der Waals surface area contributed by atoms with Gasteiger partial charge in [0.05, 0.1) is 10.5 Å². The molecular formula is C13H18N2O4S. The van der Waals surface area contributed by atoms with Crippen LogP contribution >= 0.6 is 0 Å². The molecule has 1 aliphatic rings. The van der Waals surface area contributed by atoms with Gasteiger partial charge in [-0.25, -0.2) is 13.2 Å². The lowest BCUT2D eigenvalue weighted by molar-refractivity contribution is 0.0692. The quantitative estimate of drug-likeness (QED) is 0.821. The number of carbonyl (C=O) groups is 1. The van der Waals surface area contributed by atoms with Gasteiger partial charge < -0.3 is 10.8 Å². The number of nitrogen functional groups attached to an aromatic ring is 1. The molecule has 1 aromatic carbocycles. The van der Waals surface area contributed by atoms with Gasteiger partial charge in [0.15, 0.2) is 0 Å². The second-order valence-electron chi connectivity index (χ2n) is 5.81. The lowest BCUT2D eigenvalue weighted by atomic mass is 9.93. The molecule has 2 rings (SSSR count). The van der Waals surface area contributed by atoms with Crippen LogP contribution in [0.15, 0.2) is 23.1 Å². The summed E-state index contributed by atoms with van der Waals surface area (Å²) in [5.74, 6) is -1.28. The van der Waals surface area contributed by atoms with Gasteiger partial charge in [-0.1, -0.05) is 13.8 Å². The third kappa shape index (κ3) is 2.64. The fourth-order valence-electron chi connectivity index (χ4n) is 2.34. The SMILES string of the molecule is CC1(C)CCN(S(=O)(=O)c2cc(N)ccc2C(=O)O)C1. The van der Waals surface area contributed by atoms with Gasteiger partial charge >= 0.3 is 5.97 Å². The van der Waals surface area contributed by atoms with Crippen molar-refractivity contribution >= 4 is 21.7 Å². The van der Waals surface area contributed by atoms with Crippen LogP contribution in [-0.2, 0) is 10.0 Å². The Morgan fingerprint density at radius 2 is 2.05 bits per heavy atom. The highest BCUT2D eigenvalue weighted by atomic mass is 32.2. The molecule has 0 aromatic heterocycles. The van der Waals surface area contributed by atoms with Crippen LogP contribution in [0.4, 0.5) is 5.69 Å². The topological polar surface area (TPSA) is 101 Å². The lowest BCUT2D eigenvalue weighted by Crippen LogP contribution is -2.31. The van der Waals surface area contributed by atoms with Crippen LogP contribution < -0.4 is 5.73 Å². The number of carboxylic acids is 1. The first-order chi connectivity index (χ1) is 9.13. The van der Waals surface area contributed by atoms with Gasteiger partial charge in [0, 0.05) is 18.8 Å². The molecular weight excluding hydrogens is 280 g/mol. The number of hydrogen-bond acceptors (Lipinski definition) is 4. The van der Waals surface area contributed by atoms with Gasteiger partial charge in [-0.05, 0) is 30.0 Å². The third-order valence-corrected chi connectivity index (χ3v) is 5.38. The van der Waals surface area contributed by atoms with E-state index in [2.05, 4.69) is 0 Å². The van der Waals surface area contributed by atoms with Crippen LogP contribution in [0.25, 0.3) is 0 Å². The summed E-state index contributed by atoms with van der Waals surface area (Å²) in [6.45, 7) is 4.74. The molecule has 3 N–H and O–H groups in total. The molecule has 0 atom stereocenters. The standard InChI is InChI=1S/C13H18N2O4S/c1-13(2)5-6-15(8-13)20(18,19)11-7-9(14)3-4-10(11)12(16)17/h3-4,7H,5-6,8,14H2,1-2H3,(H,16,17). The van der Waals surface area contributed by atoms with E-state index in [1.807, 2.05) is 13.8 Å². The molecule has 0 saturated carbocycles. The summed E-state index contributed by atoms with van der Waals surface area (Å²) in [5.41, 5.74) is 5.48. The molecule has 6 nitrogen and oxygen atoms in total. The van der Waals surface area contributed by atoms with Crippen LogP contribution in [0.5, 0.6) is 0 Å². The van der Waals surface area contributed by atoms with Gasteiger partial charge in [-0.2, -0.15) is 4.31 Å². The van der Waals surface area contributed by atoms with E-state index in [0.717, 1.165) is 6.42 Å². The van der Waals surface area contributed by atoms with Crippen molar-refractivity contribution in [1.29, 1.82) is 0 Å². The Kier molecular flexibility index (Phi) is 3.51. The number of sulfonamides is 1. The normalized spacial score (nSPS) is 19.1. The predicted molar refractivity (Wildman–Crippen MR) is 75.0 cm³/mol. The molecule has 0 spiro atoms. The molecule has 0 bridgehead atoms. The van der Waals surface area contributed by atoms with Crippen LogP contribution in [0.1, 0.15) is 30.6 Å². The fourth-order valence-corrected chi connectivity index (χ4v) is 4.18. The second-order valence-corrected chi connectivity index (χ2v) is 7.72. The maximum absolute atomic E-state index is 12.6. The molecule has 20 heavy (non-hydrogen) atoms. The summed E-state index contributed by atoms with van der Waals surface area (Å²) < 4.78 is 26.5. The molecule has 0 unspecified atom stereocenters. The number of nitrogens with two attached hydrogens (primary N) is 1. The summed E-state index contributed by atoms with van der Waals surface area (Å²) in [6.07, 6.45) is 0.747. The highest BCUT2D eigenvalue weighted by Crippen LogP contribution is 2.34. The molecule has 1 saturated heterocycles. The lowest BCUT2D eigenvalue weighted by Gasteiger charge is -2.20. The minimum Gasteiger partial charge on any atom is -0.478 e. The van der Waals surface area contributed by atoms with Crippen molar-refractivity contribution in [3.05, 3.63) is 23.8 Å². The van der Waals surface area contributed by atoms with E-state index in [1.54, 1.807) is 0 Å². The number of rotatable bonds is 3. The number of benzene rings is 1. The summed E-state index contributed by atoms with van der Waals surface area (Å²) in [6, 6.07) is 3.83. The number of aromatic carboxylic acids is 1. The second kappa shape index (κ2) is 4.75. The fraction of sp³-hybridized carbons (Fsp3) is 0.462. The van der Waals surface area contributed by atoms with Crippen molar-refractivity contribution in [2.75, 3.05) is 18.8 Å². The Bertz CT molecular complexity index is 652. The minimum absolute atomic E-state index is 0.100. The van der Waals surface area contributed by atoms with E-state index in [1.165, 1.54) is 22.5 Å². The smallest absolute Gasteiger partial charge is 0.337 e. The average molecular weight is 298 g/mol. The summed E-state index contributed by atoms with van der Waals surface area (Å²) in [5, 5.41) is 9.14. The van der Waals surface area contributed by atoms with Crippen molar-refractivity contribution in [2.45, 2.75) is 25.2 Å². The largest absolute Gasteiger partial charge is 0.478 e. The maximum atomic E-state index is 12.6. The molecule has 1 aliphatic heterocycles. The van der Waals surface area contributed by atoms with E-state index >= 15 is 0 Å². The van der Waals surface area contributed by atoms with E-state index in [4.69, 9.17) is 10.8 Å². The zero-order valence-corrected chi connectivity index (χ0v) is 12.3. The Morgan fingerprint density at radius 3 is 2.55 bits per heavy atom. The van der Waals surface area contributed by atoms with Crippen molar-refractivity contribution in [3.63, 3.8) is 0 Å². The Hall–Kier alpha value is -1.60. The van der Waals surface area contributed by atoms with E-state index in [9.17, 15) is 13.2 Å². The number of anilines is 1. The van der Waals surface area contributed by atoms with Crippen molar-refractivity contribution < 1.29 is 18.3 Å². The number of carboxylic acid groups (broad SMARTS) is 1. The Labute approximate surface area is 118 Å². The molecule has 7 heteroatoms. The minimum atomic E-state index is -3.84. The van der Waals surface area contributed by atoms with Crippen molar-refractivity contribution in [3.8, 4) is 0 Å². The monoisotopic (exact) mass is 298 g/mol. The summed E-state index contributed by atoms with van der Waals surface area (Å²) in [7, 11) is -3.84. The number of hydrogen-bond donors (Lipinski definition) is 2. The van der Waals surface area contributed by atoms with E-state index in [0.29, 0.717) is 13.1 Å². The van der Waals surface area contributed by atoms with Gasteiger partial charge in [0.1, 0.15) is 0 Å². The van der Waals surface area contributed by atoms with Gasteiger partial charge in [-0.15, -0.1) is 0 Å². The highest BCUT2D eigenvalue weighted by molar-refractivity contribution is 7.89. The van der Waals surface area contributed by atoms with Crippen LogP contribution in [0.3, 0.4) is 0 Å². The van der Waals surface area contributed by atoms with Crippen molar-refractivity contribution in [1.82, 2.24) is 4.31 Å². The first-order valence-corrected chi connectivity index (χ1v) is 7.70. The Balaban J connectivity index is 2.50. The molecule has 0 radical (unpaired) electrons. The molecule has 0 amide bonds. The van der Waals surface area contributed by atoms with E-state index in [-0.39, 0.29) is 21.6 Å². The summed E-state index contributed by atoms with van der Waals surface area (Å²) in [4.78, 5) is 11.0. The first-order valence-electron chi connectivity index (χ1n) is 6.26. The first kappa shape index (κ1) is 14.8. The average Bonchev–Trinajstić information content (AvgIpc) is 2.70. The molecule has 1 aromatic rings. The summed E-state index contributed by atoms with van der Waals surface area (Å²) >= 11 is 0. The van der Waals surface area contributed by atoms with Gasteiger partial charge in [0.25, 0.3) is 0 Å². The number of nitrogens with zero attached hydrogens (tertiary/aromatic N) is 1. The highest BCUT2D eigenvalue weighted by Gasteiger charge is 2.38. The molecule has 1 fully saturated rings. The third-order valence-electron chi connectivity index (χ3n) is 3.50. The maximum Gasteiger partial charge on any atom is 0.337 e. The zero-order chi connectivity index (χ0) is 15.1. The van der Waals surface area contributed by atoms with Gasteiger partial charge in [0.2, 0.25) is 10.0 Å². The predicted octanol–water partition coefficient (Wildman–Crippen LogP) is 1.39. The van der Waals surface area contributed by atoms with Crippen LogP contribution in [0, 0.1) is 5.41 Å². The van der Waals surface area contributed by atoms with Crippen molar-refractivity contribution in [2.24, 2.45) is 5.41 Å². The van der Waals surface area contributed by atoms with Crippen LogP contribution in [0.2, 0.25) is 0 Å². The molecule has 0 aliphatic carbocycles. The van der Waals surface area contributed by atoms with E-state index < -0.39 is 16.0 Å². The zero-order valence-electron chi connectivity index (χ0n) is 11.5. The Morgan fingerprint density at radius 1 is 1.40 bits per heavy atom. The molecule has 110 valence electrons. The molecule has 1 heterocycles.